The van der Waals surface area contributed by atoms with Crippen molar-refractivity contribution in [3.8, 4) is 22.9 Å². The van der Waals surface area contributed by atoms with E-state index in [1.54, 1.807) is 32.5 Å². The summed E-state index contributed by atoms with van der Waals surface area (Å²) >= 11 is 0. The van der Waals surface area contributed by atoms with E-state index in [1.807, 2.05) is 13.8 Å². The van der Waals surface area contributed by atoms with Crippen LogP contribution < -0.4 is 15.8 Å². The van der Waals surface area contributed by atoms with Crippen LogP contribution in [0.4, 0.5) is 11.6 Å². The molecule has 148 valence electrons. The van der Waals surface area contributed by atoms with Crippen molar-refractivity contribution in [2.24, 2.45) is 0 Å². The number of aromatic nitrogens is 4. The number of nitrogen functional groups attached to an aromatic ring is 1. The first-order valence-electron chi connectivity index (χ1n) is 8.92. The molecule has 0 amide bonds. The Morgan fingerprint density at radius 3 is 2.76 bits per heavy atom. The SMILES string of the molecule is COc1c(C(C)Nc2ncnc(N)c2C(C)=N)cc(C#N)c(C)c1-c1cn[nH]c1. The maximum atomic E-state index is 9.65. The summed E-state index contributed by atoms with van der Waals surface area (Å²) in [7, 11) is 1.59. The lowest BCUT2D eigenvalue weighted by molar-refractivity contribution is 0.409. The molecule has 0 bridgehead atoms. The van der Waals surface area contributed by atoms with E-state index in [1.165, 1.54) is 6.33 Å². The van der Waals surface area contributed by atoms with Crippen LogP contribution in [0.25, 0.3) is 11.1 Å². The van der Waals surface area contributed by atoms with Gasteiger partial charge in [0.2, 0.25) is 0 Å². The summed E-state index contributed by atoms with van der Waals surface area (Å²) in [5.74, 6) is 1.32. The molecule has 29 heavy (non-hydrogen) atoms. The molecule has 0 aliphatic carbocycles. The number of nitriles is 1. The zero-order valence-corrected chi connectivity index (χ0v) is 16.7. The minimum atomic E-state index is -0.296. The molecule has 0 saturated heterocycles. The molecule has 2 aromatic heterocycles. The highest BCUT2D eigenvalue weighted by atomic mass is 16.5. The fourth-order valence-electron chi connectivity index (χ4n) is 3.33. The number of hydrogen-bond acceptors (Lipinski definition) is 8. The Bertz CT molecular complexity index is 1100. The first-order chi connectivity index (χ1) is 13.9. The number of benzene rings is 1. The molecule has 5 N–H and O–H groups in total. The van der Waals surface area contributed by atoms with Gasteiger partial charge < -0.3 is 21.2 Å². The Hall–Kier alpha value is -3.93. The molecule has 1 atom stereocenters. The Kier molecular flexibility index (Phi) is 5.45. The van der Waals surface area contributed by atoms with Gasteiger partial charge in [0.05, 0.1) is 36.5 Å². The lowest BCUT2D eigenvalue weighted by Gasteiger charge is -2.23. The van der Waals surface area contributed by atoms with Crippen LogP contribution in [-0.4, -0.2) is 33.0 Å². The van der Waals surface area contributed by atoms with E-state index in [9.17, 15) is 5.26 Å². The van der Waals surface area contributed by atoms with E-state index in [-0.39, 0.29) is 17.6 Å². The molecule has 1 aromatic carbocycles. The lowest BCUT2D eigenvalue weighted by atomic mass is 9.91. The summed E-state index contributed by atoms with van der Waals surface area (Å²) in [6.07, 6.45) is 4.80. The van der Waals surface area contributed by atoms with Gasteiger partial charge in [-0.1, -0.05) is 0 Å². The third-order valence-corrected chi connectivity index (χ3v) is 4.75. The highest BCUT2D eigenvalue weighted by molar-refractivity contribution is 6.04. The molecule has 0 fully saturated rings. The summed E-state index contributed by atoms with van der Waals surface area (Å²) in [5.41, 5.74) is 10.4. The van der Waals surface area contributed by atoms with Crippen LogP contribution in [0.1, 0.15) is 42.1 Å². The van der Waals surface area contributed by atoms with Crippen LogP contribution in [0, 0.1) is 23.7 Å². The maximum Gasteiger partial charge on any atom is 0.141 e. The predicted octanol–water partition coefficient (Wildman–Crippen LogP) is 3.20. The zero-order valence-electron chi connectivity index (χ0n) is 16.7. The summed E-state index contributed by atoms with van der Waals surface area (Å²) in [6, 6.07) is 3.76. The fraction of sp³-hybridized carbons (Fsp3) is 0.250. The minimum Gasteiger partial charge on any atom is -0.496 e. The van der Waals surface area contributed by atoms with Crippen molar-refractivity contribution < 1.29 is 4.74 Å². The number of aromatic amines is 1. The van der Waals surface area contributed by atoms with E-state index in [2.05, 4.69) is 31.6 Å². The molecule has 0 radical (unpaired) electrons. The standard InChI is InChI=1S/C20H22N8O/c1-10-13(6-21)5-15(18(29-4)16(10)14-7-26-27-8-14)12(3)28-20-17(11(2)22)19(23)24-9-25-20/h5,7-9,12,22H,1-4H3,(H,26,27)(H3,23,24,25,28). The molecular formula is C20H22N8O. The van der Waals surface area contributed by atoms with Crippen LogP contribution in [0.15, 0.2) is 24.8 Å². The van der Waals surface area contributed by atoms with Crippen LogP contribution in [0.3, 0.4) is 0 Å². The van der Waals surface area contributed by atoms with Crippen LogP contribution >= 0.6 is 0 Å². The van der Waals surface area contributed by atoms with E-state index in [4.69, 9.17) is 15.9 Å². The van der Waals surface area contributed by atoms with Gasteiger partial charge in [0.25, 0.3) is 0 Å². The minimum absolute atomic E-state index is 0.231. The number of hydrogen-bond donors (Lipinski definition) is 4. The summed E-state index contributed by atoms with van der Waals surface area (Å²) < 4.78 is 5.75. The number of ether oxygens (including phenoxy) is 1. The second kappa shape index (κ2) is 7.98. The van der Waals surface area contributed by atoms with E-state index >= 15 is 0 Å². The molecule has 3 rings (SSSR count). The number of nitrogens with two attached hydrogens (primary N) is 1. The van der Waals surface area contributed by atoms with Crippen molar-refractivity contribution in [1.29, 1.82) is 10.7 Å². The highest BCUT2D eigenvalue weighted by Gasteiger charge is 2.23. The monoisotopic (exact) mass is 390 g/mol. The van der Waals surface area contributed by atoms with Gasteiger partial charge in [0, 0.05) is 28.6 Å². The highest BCUT2D eigenvalue weighted by Crippen LogP contribution is 2.41. The summed E-state index contributed by atoms with van der Waals surface area (Å²) in [6.45, 7) is 5.43. The number of rotatable bonds is 6. The third-order valence-electron chi connectivity index (χ3n) is 4.75. The lowest BCUT2D eigenvalue weighted by Crippen LogP contribution is -2.15. The van der Waals surface area contributed by atoms with Crippen LogP contribution in [-0.2, 0) is 0 Å². The van der Waals surface area contributed by atoms with Gasteiger partial charge in [-0.15, -0.1) is 0 Å². The van der Waals surface area contributed by atoms with Gasteiger partial charge in [0.15, 0.2) is 0 Å². The average molecular weight is 390 g/mol. The van der Waals surface area contributed by atoms with E-state index < -0.39 is 0 Å². The van der Waals surface area contributed by atoms with E-state index in [0.717, 1.165) is 22.3 Å². The Morgan fingerprint density at radius 1 is 1.41 bits per heavy atom. The Morgan fingerprint density at radius 2 is 2.17 bits per heavy atom. The molecule has 3 aromatic rings. The van der Waals surface area contributed by atoms with Gasteiger partial charge in [-0.2, -0.15) is 10.4 Å². The molecule has 9 heteroatoms. The van der Waals surface area contributed by atoms with Gasteiger partial charge in [0.1, 0.15) is 23.7 Å². The quantitative estimate of drug-likeness (QED) is 0.472. The Balaban J connectivity index is 2.14. The second-order valence-electron chi connectivity index (χ2n) is 6.62. The molecule has 0 spiro atoms. The van der Waals surface area contributed by atoms with Crippen molar-refractivity contribution in [3.63, 3.8) is 0 Å². The van der Waals surface area contributed by atoms with Crippen molar-refractivity contribution in [2.45, 2.75) is 26.8 Å². The smallest absolute Gasteiger partial charge is 0.141 e. The van der Waals surface area contributed by atoms with E-state index in [0.29, 0.717) is 22.7 Å². The molecule has 0 aliphatic rings. The van der Waals surface area contributed by atoms with Crippen molar-refractivity contribution in [1.82, 2.24) is 20.2 Å². The summed E-state index contributed by atoms with van der Waals surface area (Å²) in [5, 5.41) is 27.7. The van der Waals surface area contributed by atoms with Gasteiger partial charge in [-0.3, -0.25) is 5.10 Å². The number of nitrogens with one attached hydrogen (secondary N) is 3. The third kappa shape index (κ3) is 3.60. The van der Waals surface area contributed by atoms with Crippen LogP contribution in [0.2, 0.25) is 0 Å². The normalized spacial score (nSPS) is 11.6. The molecule has 2 heterocycles. The largest absolute Gasteiger partial charge is 0.496 e. The maximum absolute atomic E-state index is 9.65. The number of H-pyrrole nitrogens is 1. The number of nitrogens with zero attached hydrogens (tertiary/aromatic N) is 4. The second-order valence-corrected chi connectivity index (χ2v) is 6.62. The first-order valence-corrected chi connectivity index (χ1v) is 8.92. The average Bonchev–Trinajstić information content (AvgIpc) is 3.21. The van der Waals surface area contributed by atoms with Crippen molar-refractivity contribution in [2.75, 3.05) is 18.2 Å². The topological polar surface area (TPSA) is 149 Å². The van der Waals surface area contributed by atoms with Crippen molar-refractivity contribution in [3.05, 3.63) is 47.0 Å². The Labute approximate surface area is 168 Å². The van der Waals surface area contributed by atoms with Crippen molar-refractivity contribution >= 4 is 17.3 Å². The summed E-state index contributed by atoms with van der Waals surface area (Å²) in [4.78, 5) is 8.22. The van der Waals surface area contributed by atoms with Crippen LogP contribution in [0.5, 0.6) is 5.75 Å². The molecular weight excluding hydrogens is 368 g/mol. The first kappa shape index (κ1) is 19.8. The van der Waals surface area contributed by atoms with Gasteiger partial charge >= 0.3 is 0 Å². The number of methoxy groups -OCH3 is 1. The predicted molar refractivity (Wildman–Crippen MR) is 111 cm³/mol. The number of anilines is 2. The zero-order chi connectivity index (χ0) is 21.1. The molecule has 0 aliphatic heterocycles. The fourth-order valence-corrected chi connectivity index (χ4v) is 3.33. The van der Waals surface area contributed by atoms with Gasteiger partial charge in [-0.05, 0) is 32.4 Å². The molecule has 1 unspecified atom stereocenters. The van der Waals surface area contributed by atoms with Gasteiger partial charge in [-0.25, -0.2) is 9.97 Å². The molecule has 9 nitrogen and oxygen atoms in total. The molecule has 0 saturated carbocycles.